The number of benzene rings is 1. The Morgan fingerprint density at radius 1 is 1.29 bits per heavy atom. The minimum absolute atomic E-state index is 0.0628. The van der Waals surface area contributed by atoms with Crippen molar-refractivity contribution in [3.05, 3.63) is 35.4 Å². The first-order chi connectivity index (χ1) is 9.86. The predicted molar refractivity (Wildman–Crippen MR) is 68.3 cm³/mol. The average molecular weight is 303 g/mol. The Labute approximate surface area is 119 Å². The number of carbonyl (C=O) groups excluding carboxylic acids is 1. The molecule has 3 nitrogen and oxygen atoms in total. The number of carbonyl (C=O) groups is 1. The molecule has 0 aliphatic rings. The van der Waals surface area contributed by atoms with Crippen LogP contribution in [0.2, 0.25) is 0 Å². The van der Waals surface area contributed by atoms with Gasteiger partial charge in [-0.25, -0.2) is 8.78 Å². The van der Waals surface area contributed by atoms with Crippen molar-refractivity contribution in [2.24, 2.45) is 0 Å². The molecule has 0 bridgehead atoms. The Bertz CT molecular complexity index is 532. The number of amides is 1. The zero-order valence-corrected chi connectivity index (χ0v) is 10.9. The van der Waals surface area contributed by atoms with Gasteiger partial charge in [-0.2, -0.15) is 8.78 Å². The Morgan fingerprint density at radius 2 is 1.90 bits per heavy atom. The molecule has 0 spiro atoms. The van der Waals surface area contributed by atoms with Gasteiger partial charge in [0.1, 0.15) is 0 Å². The lowest BCUT2D eigenvalue weighted by Crippen LogP contribution is -2.41. The van der Waals surface area contributed by atoms with Gasteiger partial charge in [0.15, 0.2) is 0 Å². The molecule has 1 amide bonds. The topological polar surface area (TPSA) is 49.3 Å². The van der Waals surface area contributed by atoms with Crippen LogP contribution in [0, 0.1) is 11.8 Å². The maximum atomic E-state index is 12.7. The molecule has 0 fully saturated rings. The number of alkyl halides is 4. The third-order valence-corrected chi connectivity index (χ3v) is 2.42. The summed E-state index contributed by atoms with van der Waals surface area (Å²) >= 11 is 0. The Morgan fingerprint density at radius 3 is 2.43 bits per heavy atom. The van der Waals surface area contributed by atoms with E-state index in [0.717, 1.165) is 0 Å². The third-order valence-electron chi connectivity index (χ3n) is 2.42. The first-order valence-electron chi connectivity index (χ1n) is 6.01. The van der Waals surface area contributed by atoms with Crippen LogP contribution < -0.4 is 5.32 Å². The molecule has 0 radical (unpaired) electrons. The van der Waals surface area contributed by atoms with Gasteiger partial charge >= 0.3 is 12.3 Å². The lowest BCUT2D eigenvalue weighted by atomic mass is 10.1. The van der Waals surface area contributed by atoms with E-state index in [1.54, 1.807) is 5.32 Å². The van der Waals surface area contributed by atoms with Crippen LogP contribution in [-0.2, 0) is 0 Å². The van der Waals surface area contributed by atoms with Crippen molar-refractivity contribution in [3.63, 3.8) is 0 Å². The van der Waals surface area contributed by atoms with Crippen LogP contribution in [0.3, 0.4) is 0 Å². The van der Waals surface area contributed by atoms with Crippen LogP contribution in [0.4, 0.5) is 17.6 Å². The van der Waals surface area contributed by atoms with Crippen LogP contribution in [0.5, 0.6) is 0 Å². The van der Waals surface area contributed by atoms with E-state index in [9.17, 15) is 22.4 Å². The number of hydrogen-bond donors (Lipinski definition) is 2. The summed E-state index contributed by atoms with van der Waals surface area (Å²) in [4.78, 5) is 11.5. The largest absolute Gasteiger partial charge is 0.395 e. The van der Waals surface area contributed by atoms with Crippen molar-refractivity contribution in [2.75, 3.05) is 13.2 Å². The number of nitrogens with one attached hydrogen (secondary N) is 1. The number of aliphatic hydroxyl groups is 1. The molecule has 0 atom stereocenters. The van der Waals surface area contributed by atoms with Gasteiger partial charge in [-0.05, 0) is 24.3 Å². The molecule has 0 saturated carbocycles. The molecule has 0 aliphatic carbocycles. The van der Waals surface area contributed by atoms with E-state index < -0.39 is 24.8 Å². The lowest BCUT2D eigenvalue weighted by molar-refractivity contribution is -0.123. The molecule has 1 aromatic rings. The summed E-state index contributed by atoms with van der Waals surface area (Å²) in [5.41, 5.74) is 0.644. The first kappa shape index (κ1) is 17.0. The van der Waals surface area contributed by atoms with Gasteiger partial charge in [-0.15, -0.1) is 0 Å². The number of rotatable bonds is 5. The molecule has 7 heteroatoms. The van der Waals surface area contributed by atoms with Crippen molar-refractivity contribution in [1.82, 2.24) is 5.32 Å². The highest BCUT2D eigenvalue weighted by Gasteiger charge is 2.40. The van der Waals surface area contributed by atoms with Crippen LogP contribution in [0.1, 0.15) is 22.3 Å². The Balaban J connectivity index is 2.62. The number of halogens is 4. The van der Waals surface area contributed by atoms with Gasteiger partial charge in [0.2, 0.25) is 0 Å². The predicted octanol–water partition coefficient (Wildman–Crippen LogP) is 2.05. The van der Waals surface area contributed by atoms with Gasteiger partial charge in [-0.1, -0.05) is 11.8 Å². The minimum Gasteiger partial charge on any atom is -0.395 e. The van der Waals surface area contributed by atoms with E-state index in [2.05, 4.69) is 11.8 Å². The Hall–Kier alpha value is -2.07. The van der Waals surface area contributed by atoms with Gasteiger partial charge in [-0.3, -0.25) is 4.79 Å². The molecule has 0 aliphatic heterocycles. The summed E-state index contributed by atoms with van der Waals surface area (Å²) in [6, 6.07) is 5.67. The van der Waals surface area contributed by atoms with Gasteiger partial charge in [0.05, 0.1) is 13.2 Å². The van der Waals surface area contributed by atoms with Crippen LogP contribution in [0.15, 0.2) is 24.3 Å². The summed E-state index contributed by atoms with van der Waals surface area (Å²) in [6.45, 7) is -1.49. The van der Waals surface area contributed by atoms with E-state index in [4.69, 9.17) is 5.11 Å². The molecule has 1 rings (SSSR count). The highest BCUT2D eigenvalue weighted by Crippen LogP contribution is 2.21. The number of hydrogen-bond acceptors (Lipinski definition) is 2. The average Bonchev–Trinajstić information content (AvgIpc) is 2.45. The summed E-state index contributed by atoms with van der Waals surface area (Å²) < 4.78 is 49.2. The smallest absolute Gasteiger partial charge is 0.324 e. The molecule has 114 valence electrons. The zero-order chi connectivity index (χ0) is 15.9. The fourth-order valence-corrected chi connectivity index (χ4v) is 1.30. The van der Waals surface area contributed by atoms with Crippen molar-refractivity contribution in [2.45, 2.75) is 18.8 Å². The normalized spacial score (nSPS) is 11.0. The minimum atomic E-state index is -4.26. The maximum absolute atomic E-state index is 12.7. The van der Waals surface area contributed by atoms with E-state index >= 15 is 0 Å². The monoisotopic (exact) mass is 303 g/mol. The quantitative estimate of drug-likeness (QED) is 0.646. The van der Waals surface area contributed by atoms with Crippen LogP contribution >= 0.6 is 0 Å². The van der Waals surface area contributed by atoms with E-state index in [1.165, 1.54) is 24.3 Å². The van der Waals surface area contributed by atoms with Crippen molar-refractivity contribution < 1.29 is 27.5 Å². The fraction of sp³-hybridized carbons (Fsp3) is 0.357. The summed E-state index contributed by atoms with van der Waals surface area (Å²) in [6.07, 6.45) is -3.52. The SMILES string of the molecule is O=C(NCC(F)(F)C(F)F)c1ccc(C#CCCO)cc1. The molecule has 0 saturated heterocycles. The van der Waals surface area contributed by atoms with Crippen LogP contribution in [-0.4, -0.2) is 36.5 Å². The van der Waals surface area contributed by atoms with Crippen molar-refractivity contribution in [1.29, 1.82) is 0 Å². The van der Waals surface area contributed by atoms with Crippen LogP contribution in [0.25, 0.3) is 0 Å². The molecule has 2 N–H and O–H groups in total. The Kier molecular flexibility index (Phi) is 6.18. The molecule has 21 heavy (non-hydrogen) atoms. The van der Waals surface area contributed by atoms with Gasteiger partial charge in [0.25, 0.3) is 5.91 Å². The van der Waals surface area contributed by atoms with Gasteiger partial charge in [0, 0.05) is 17.5 Å². The second-order valence-electron chi connectivity index (χ2n) is 4.10. The van der Waals surface area contributed by atoms with E-state index in [0.29, 0.717) is 12.0 Å². The van der Waals surface area contributed by atoms with Gasteiger partial charge < -0.3 is 10.4 Å². The zero-order valence-electron chi connectivity index (χ0n) is 10.9. The summed E-state index contributed by atoms with van der Waals surface area (Å²) in [7, 11) is 0. The maximum Gasteiger partial charge on any atom is 0.324 e. The highest BCUT2D eigenvalue weighted by molar-refractivity contribution is 5.94. The molecular weight excluding hydrogens is 290 g/mol. The molecule has 0 aromatic heterocycles. The third kappa shape index (κ3) is 5.44. The molecular formula is C14H13F4NO2. The van der Waals surface area contributed by atoms with E-state index in [1.807, 2.05) is 0 Å². The molecule has 1 aromatic carbocycles. The van der Waals surface area contributed by atoms with Crippen molar-refractivity contribution >= 4 is 5.91 Å². The number of aliphatic hydroxyl groups excluding tert-OH is 1. The van der Waals surface area contributed by atoms with Crippen molar-refractivity contribution in [3.8, 4) is 11.8 Å². The second-order valence-corrected chi connectivity index (χ2v) is 4.10. The van der Waals surface area contributed by atoms with E-state index in [-0.39, 0.29) is 12.2 Å². The summed E-state index contributed by atoms with van der Waals surface area (Å²) in [5.74, 6) is 0.268. The standard InChI is InChI=1S/C14H13F4NO2/c15-13(16)14(17,18)9-19-12(21)11-6-4-10(5-7-11)3-1-2-8-20/h4-7,13,20H,2,8-9H2,(H,19,21). The molecule has 0 heterocycles. The first-order valence-corrected chi connectivity index (χ1v) is 6.01. The molecule has 0 unspecified atom stereocenters. The fourth-order valence-electron chi connectivity index (χ4n) is 1.30. The lowest BCUT2D eigenvalue weighted by Gasteiger charge is -2.15. The second kappa shape index (κ2) is 7.64. The summed E-state index contributed by atoms with van der Waals surface area (Å²) in [5, 5.41) is 10.3. The highest BCUT2D eigenvalue weighted by atomic mass is 19.3.